The number of nitrogens with one attached hydrogen (secondary N) is 2. The fourth-order valence-corrected chi connectivity index (χ4v) is 3.30. The summed E-state index contributed by atoms with van der Waals surface area (Å²) >= 11 is 0. The maximum absolute atomic E-state index is 12.4. The van der Waals surface area contributed by atoms with Gasteiger partial charge < -0.3 is 0 Å². The molecule has 0 spiro atoms. The molecule has 1 aromatic carbocycles. The fourth-order valence-electron chi connectivity index (χ4n) is 2.17. The summed E-state index contributed by atoms with van der Waals surface area (Å²) in [5, 5.41) is 6.28. The second kappa shape index (κ2) is 5.99. The van der Waals surface area contributed by atoms with E-state index in [4.69, 9.17) is 0 Å². The minimum absolute atomic E-state index is 0.00296. The summed E-state index contributed by atoms with van der Waals surface area (Å²) < 4.78 is 27.5. The van der Waals surface area contributed by atoms with Crippen LogP contribution in [0.2, 0.25) is 0 Å². The van der Waals surface area contributed by atoms with Gasteiger partial charge in [-0.3, -0.25) is 5.10 Å². The van der Waals surface area contributed by atoms with Crippen molar-refractivity contribution in [1.82, 2.24) is 14.9 Å². The average Bonchev–Trinajstić information content (AvgIpc) is 2.92. The summed E-state index contributed by atoms with van der Waals surface area (Å²) in [6.07, 6.45) is 2.13. The molecule has 2 rings (SSSR count). The SMILES string of the molecule is CC(C)(C)CC(NS(=O)(=O)c1ccn[nH]1)c1ccccc1. The maximum Gasteiger partial charge on any atom is 0.258 e. The van der Waals surface area contributed by atoms with Gasteiger partial charge in [-0.1, -0.05) is 51.1 Å². The number of aromatic amines is 1. The van der Waals surface area contributed by atoms with Crippen LogP contribution in [0.4, 0.5) is 0 Å². The van der Waals surface area contributed by atoms with Crippen molar-refractivity contribution in [1.29, 1.82) is 0 Å². The van der Waals surface area contributed by atoms with E-state index in [1.807, 2.05) is 30.3 Å². The lowest BCUT2D eigenvalue weighted by molar-refractivity contribution is 0.331. The van der Waals surface area contributed by atoms with Gasteiger partial charge in [0.2, 0.25) is 0 Å². The second-order valence-electron chi connectivity index (χ2n) is 6.27. The van der Waals surface area contributed by atoms with E-state index in [1.54, 1.807) is 0 Å². The lowest BCUT2D eigenvalue weighted by Gasteiger charge is -2.26. The molecule has 6 heteroatoms. The molecule has 0 saturated carbocycles. The lowest BCUT2D eigenvalue weighted by atomic mass is 9.86. The molecular formula is C15H21N3O2S. The highest BCUT2D eigenvalue weighted by Gasteiger charge is 2.26. The number of hydrogen-bond donors (Lipinski definition) is 2. The minimum Gasteiger partial charge on any atom is -0.266 e. The third-order valence-corrected chi connectivity index (χ3v) is 4.48. The molecule has 114 valence electrons. The van der Waals surface area contributed by atoms with Gasteiger partial charge in [0.1, 0.15) is 0 Å². The van der Waals surface area contributed by atoms with Gasteiger partial charge in [-0.2, -0.15) is 5.10 Å². The van der Waals surface area contributed by atoms with Crippen LogP contribution in [0.25, 0.3) is 0 Å². The monoisotopic (exact) mass is 307 g/mol. The molecule has 0 saturated heterocycles. The van der Waals surface area contributed by atoms with E-state index < -0.39 is 10.0 Å². The summed E-state index contributed by atoms with van der Waals surface area (Å²) in [6.45, 7) is 6.27. The van der Waals surface area contributed by atoms with Crippen LogP contribution in [0.3, 0.4) is 0 Å². The fraction of sp³-hybridized carbons (Fsp3) is 0.400. The van der Waals surface area contributed by atoms with Crippen molar-refractivity contribution in [2.75, 3.05) is 0 Å². The predicted molar refractivity (Wildman–Crippen MR) is 82.2 cm³/mol. The largest absolute Gasteiger partial charge is 0.266 e. The molecule has 0 aliphatic heterocycles. The van der Waals surface area contributed by atoms with E-state index in [0.29, 0.717) is 6.42 Å². The molecular weight excluding hydrogens is 286 g/mol. The van der Waals surface area contributed by atoms with Crippen LogP contribution in [0.1, 0.15) is 38.8 Å². The molecule has 0 aliphatic carbocycles. The first-order valence-electron chi connectivity index (χ1n) is 6.85. The quantitative estimate of drug-likeness (QED) is 0.892. The van der Waals surface area contributed by atoms with E-state index in [2.05, 4.69) is 35.7 Å². The topological polar surface area (TPSA) is 74.8 Å². The van der Waals surface area contributed by atoms with Crippen molar-refractivity contribution in [2.24, 2.45) is 5.41 Å². The van der Waals surface area contributed by atoms with E-state index in [0.717, 1.165) is 5.56 Å². The molecule has 2 aromatic rings. The molecule has 1 heterocycles. The molecule has 0 aliphatic rings. The van der Waals surface area contributed by atoms with Crippen LogP contribution < -0.4 is 4.72 Å². The molecule has 1 atom stereocenters. The Labute approximate surface area is 125 Å². The molecule has 0 amide bonds. The third-order valence-electron chi connectivity index (χ3n) is 3.08. The highest BCUT2D eigenvalue weighted by molar-refractivity contribution is 7.89. The van der Waals surface area contributed by atoms with Gasteiger partial charge >= 0.3 is 0 Å². The molecule has 2 N–H and O–H groups in total. The second-order valence-corrected chi connectivity index (χ2v) is 7.95. The highest BCUT2D eigenvalue weighted by atomic mass is 32.2. The van der Waals surface area contributed by atoms with Gasteiger partial charge in [0.15, 0.2) is 5.03 Å². The minimum atomic E-state index is -3.60. The van der Waals surface area contributed by atoms with E-state index in [9.17, 15) is 8.42 Å². The van der Waals surface area contributed by atoms with Crippen LogP contribution in [-0.2, 0) is 10.0 Å². The van der Waals surface area contributed by atoms with Crippen molar-refractivity contribution >= 4 is 10.0 Å². The van der Waals surface area contributed by atoms with E-state index >= 15 is 0 Å². The van der Waals surface area contributed by atoms with Crippen molar-refractivity contribution in [3.63, 3.8) is 0 Å². The van der Waals surface area contributed by atoms with Crippen LogP contribution in [0.15, 0.2) is 47.6 Å². The smallest absolute Gasteiger partial charge is 0.258 e. The first kappa shape index (κ1) is 15.7. The van der Waals surface area contributed by atoms with Crippen molar-refractivity contribution in [3.05, 3.63) is 48.2 Å². The summed E-state index contributed by atoms with van der Waals surface area (Å²) in [7, 11) is -3.60. The Balaban J connectivity index is 2.29. The van der Waals surface area contributed by atoms with Gasteiger partial charge in [0, 0.05) is 6.04 Å². The third kappa shape index (κ3) is 4.41. The van der Waals surface area contributed by atoms with Crippen molar-refractivity contribution < 1.29 is 8.42 Å². The Bertz CT molecular complexity index is 659. The lowest BCUT2D eigenvalue weighted by Crippen LogP contribution is -2.31. The molecule has 5 nitrogen and oxygen atoms in total. The van der Waals surface area contributed by atoms with Gasteiger partial charge in [-0.15, -0.1) is 0 Å². The Kier molecular flexibility index (Phi) is 4.49. The summed E-state index contributed by atoms with van der Waals surface area (Å²) in [5.41, 5.74) is 0.951. The first-order chi connectivity index (χ1) is 9.78. The van der Waals surface area contributed by atoms with Gasteiger partial charge in [-0.25, -0.2) is 13.1 Å². The number of rotatable bonds is 5. The van der Waals surface area contributed by atoms with E-state index in [-0.39, 0.29) is 16.5 Å². The van der Waals surface area contributed by atoms with E-state index in [1.165, 1.54) is 12.3 Å². The number of sulfonamides is 1. The van der Waals surface area contributed by atoms with Gasteiger partial charge in [0.05, 0.1) is 6.20 Å². The van der Waals surface area contributed by atoms with Crippen molar-refractivity contribution in [3.8, 4) is 0 Å². The highest BCUT2D eigenvalue weighted by Crippen LogP contribution is 2.30. The Morgan fingerprint density at radius 3 is 2.38 bits per heavy atom. The number of aromatic nitrogens is 2. The number of nitrogens with zero attached hydrogens (tertiary/aromatic N) is 1. The molecule has 1 aromatic heterocycles. The number of hydrogen-bond acceptors (Lipinski definition) is 3. The standard InChI is InChI=1S/C15H21N3O2S/c1-15(2,3)11-13(12-7-5-4-6-8-12)18-21(19,20)14-9-10-16-17-14/h4-10,13,18H,11H2,1-3H3,(H,16,17). The van der Waals surface area contributed by atoms with Crippen LogP contribution in [-0.4, -0.2) is 18.6 Å². The Hall–Kier alpha value is -1.66. The van der Waals surface area contributed by atoms with Gasteiger partial charge in [0.25, 0.3) is 10.0 Å². The summed E-state index contributed by atoms with van der Waals surface area (Å²) in [4.78, 5) is 0. The zero-order valence-corrected chi connectivity index (χ0v) is 13.3. The van der Waals surface area contributed by atoms with Gasteiger partial charge in [-0.05, 0) is 23.5 Å². The zero-order valence-electron chi connectivity index (χ0n) is 12.5. The molecule has 1 unspecified atom stereocenters. The van der Waals surface area contributed by atoms with Crippen LogP contribution in [0.5, 0.6) is 0 Å². The average molecular weight is 307 g/mol. The maximum atomic E-state index is 12.4. The molecule has 21 heavy (non-hydrogen) atoms. The molecule has 0 fully saturated rings. The number of H-pyrrole nitrogens is 1. The molecule has 0 bridgehead atoms. The Morgan fingerprint density at radius 1 is 1.19 bits per heavy atom. The first-order valence-corrected chi connectivity index (χ1v) is 8.33. The zero-order chi connectivity index (χ0) is 15.5. The van der Waals surface area contributed by atoms with Crippen LogP contribution >= 0.6 is 0 Å². The summed E-state index contributed by atoms with van der Waals surface area (Å²) in [5.74, 6) is 0. The predicted octanol–water partition coefficient (Wildman–Crippen LogP) is 2.87. The van der Waals surface area contributed by atoms with Crippen molar-refractivity contribution in [2.45, 2.75) is 38.3 Å². The normalized spacial score (nSPS) is 14.0. The summed E-state index contributed by atoms with van der Waals surface area (Å²) in [6, 6.07) is 10.8. The van der Waals surface area contributed by atoms with Crippen LogP contribution in [0, 0.1) is 5.41 Å². The Morgan fingerprint density at radius 2 is 1.86 bits per heavy atom. The number of benzene rings is 1. The molecule has 0 radical (unpaired) electrons.